The van der Waals surface area contributed by atoms with Crippen molar-refractivity contribution in [3.05, 3.63) is 41.0 Å². The van der Waals surface area contributed by atoms with Gasteiger partial charge in [-0.05, 0) is 30.7 Å². The fraction of sp³-hybridized carbons (Fsp3) is 0.222. The van der Waals surface area contributed by atoms with E-state index in [0.717, 1.165) is 5.56 Å². The predicted molar refractivity (Wildman–Crippen MR) is 96.6 cm³/mol. The van der Waals surface area contributed by atoms with Crippen LogP contribution in [0.4, 0.5) is 5.82 Å². The van der Waals surface area contributed by atoms with Gasteiger partial charge in [-0.15, -0.1) is 0 Å². The normalized spacial score (nSPS) is 12.7. The number of pyridine rings is 1. The van der Waals surface area contributed by atoms with Crippen molar-refractivity contribution in [3.63, 3.8) is 0 Å². The average Bonchev–Trinajstić information content (AvgIpc) is 3.14. The molecule has 8 nitrogen and oxygen atoms in total. The Labute approximate surface area is 159 Å². The first-order chi connectivity index (χ1) is 13.0. The van der Waals surface area contributed by atoms with Gasteiger partial charge in [0.25, 0.3) is 5.82 Å². The number of nitrogen functional groups attached to an aromatic ring is 1. The number of nitrogens with two attached hydrogens (primary N) is 1. The number of amides is 1. The number of nitriles is 2. The van der Waals surface area contributed by atoms with Crippen molar-refractivity contribution in [2.24, 2.45) is 0 Å². The number of anilines is 1. The molecule has 0 fully saturated rings. The highest BCUT2D eigenvalue weighted by Crippen LogP contribution is 2.32. The van der Waals surface area contributed by atoms with Gasteiger partial charge in [-0.1, -0.05) is 17.8 Å². The number of hydrogen-bond acceptors (Lipinski definition) is 7. The number of nitrogens with one attached hydrogen (secondary N) is 2. The van der Waals surface area contributed by atoms with Gasteiger partial charge in [-0.3, -0.25) is 10.5 Å². The standard InChI is InChI=1S/C18H15N5O3S/c1-10(27-18-13(7-20)5-12(6-19)16(21)23-18)17(24)22-8-11-2-3-14-15(4-11)26-9-25-14/h2-5,10H,8-9H2,1H3,(H2,21,23)(H,22,24)/p+1/t10-/m0/s1. The molecule has 0 unspecified atom stereocenters. The smallest absolute Gasteiger partial charge is 0.289 e. The molecule has 1 aromatic heterocycles. The summed E-state index contributed by atoms with van der Waals surface area (Å²) < 4.78 is 10.6. The first-order valence-electron chi connectivity index (χ1n) is 8.00. The molecule has 0 radical (unpaired) electrons. The van der Waals surface area contributed by atoms with E-state index >= 15 is 0 Å². The molecule has 3 rings (SSSR count). The summed E-state index contributed by atoms with van der Waals surface area (Å²) in [7, 11) is 0. The number of benzene rings is 1. The van der Waals surface area contributed by atoms with Gasteiger partial charge in [0.1, 0.15) is 23.3 Å². The summed E-state index contributed by atoms with van der Waals surface area (Å²) in [4.78, 5) is 15.2. The Morgan fingerprint density at radius 2 is 2.04 bits per heavy atom. The topological polar surface area (TPSA) is 135 Å². The molecule has 0 saturated carbocycles. The van der Waals surface area contributed by atoms with Crippen molar-refractivity contribution in [1.82, 2.24) is 5.32 Å². The van der Waals surface area contributed by atoms with Crippen molar-refractivity contribution in [2.45, 2.75) is 23.7 Å². The molecular formula is C18H16N5O3S+. The molecule has 2 aromatic rings. The van der Waals surface area contributed by atoms with Gasteiger partial charge in [0.05, 0.1) is 5.25 Å². The van der Waals surface area contributed by atoms with Crippen LogP contribution in [0.25, 0.3) is 0 Å². The van der Waals surface area contributed by atoms with Crippen molar-refractivity contribution >= 4 is 23.5 Å². The fourth-order valence-electron chi connectivity index (χ4n) is 2.43. The molecule has 1 atom stereocenters. The average molecular weight is 382 g/mol. The van der Waals surface area contributed by atoms with Crippen LogP contribution >= 0.6 is 11.8 Å². The molecule has 0 aliphatic carbocycles. The maximum atomic E-state index is 12.4. The number of carbonyl (C=O) groups is 1. The minimum atomic E-state index is -0.477. The van der Waals surface area contributed by atoms with E-state index in [1.54, 1.807) is 13.0 Å². The Morgan fingerprint density at radius 1 is 1.30 bits per heavy atom. The van der Waals surface area contributed by atoms with Gasteiger partial charge < -0.3 is 14.8 Å². The van der Waals surface area contributed by atoms with Crippen LogP contribution in [0.1, 0.15) is 23.6 Å². The quantitative estimate of drug-likeness (QED) is 0.745. The molecule has 1 aromatic carbocycles. The summed E-state index contributed by atoms with van der Waals surface area (Å²) in [6.07, 6.45) is 0. The fourth-order valence-corrected chi connectivity index (χ4v) is 3.37. The molecule has 1 aliphatic heterocycles. The maximum absolute atomic E-state index is 12.4. The van der Waals surface area contributed by atoms with Crippen LogP contribution in [0, 0.1) is 22.7 Å². The molecule has 4 N–H and O–H groups in total. The van der Waals surface area contributed by atoms with E-state index in [1.807, 2.05) is 24.3 Å². The van der Waals surface area contributed by atoms with E-state index in [-0.39, 0.29) is 29.6 Å². The number of aromatic amines is 1. The Morgan fingerprint density at radius 3 is 2.78 bits per heavy atom. The zero-order valence-corrected chi connectivity index (χ0v) is 15.2. The van der Waals surface area contributed by atoms with E-state index in [1.165, 1.54) is 17.8 Å². The number of thioether (sulfide) groups is 1. The van der Waals surface area contributed by atoms with E-state index in [0.29, 0.717) is 23.1 Å². The Kier molecular flexibility index (Phi) is 5.34. The zero-order chi connectivity index (χ0) is 19.4. The van der Waals surface area contributed by atoms with Crippen LogP contribution in [0.2, 0.25) is 0 Å². The third-order valence-corrected chi connectivity index (χ3v) is 5.01. The molecule has 2 heterocycles. The van der Waals surface area contributed by atoms with Gasteiger partial charge in [0.2, 0.25) is 12.7 Å². The second-order valence-electron chi connectivity index (χ2n) is 5.73. The highest BCUT2D eigenvalue weighted by atomic mass is 32.2. The lowest BCUT2D eigenvalue weighted by Crippen LogP contribution is -2.31. The van der Waals surface area contributed by atoms with Gasteiger partial charge >= 0.3 is 0 Å². The van der Waals surface area contributed by atoms with Crippen LogP contribution in [0.5, 0.6) is 11.5 Å². The minimum Gasteiger partial charge on any atom is -0.454 e. The highest BCUT2D eigenvalue weighted by Gasteiger charge is 2.21. The summed E-state index contributed by atoms with van der Waals surface area (Å²) in [5.41, 5.74) is 7.10. The van der Waals surface area contributed by atoms with Crippen LogP contribution in [-0.2, 0) is 11.3 Å². The SMILES string of the molecule is C[C@H](Sc1[nH+]c(N)c(C#N)cc1C#N)C(=O)NCc1ccc2c(c1)OCO2. The summed E-state index contributed by atoms with van der Waals surface area (Å²) in [5.74, 6) is 1.31. The third kappa shape index (κ3) is 4.05. The monoisotopic (exact) mass is 382 g/mol. The van der Waals surface area contributed by atoms with Crippen molar-refractivity contribution in [3.8, 4) is 23.6 Å². The lowest BCUT2D eigenvalue weighted by atomic mass is 10.2. The second-order valence-corrected chi connectivity index (χ2v) is 7.08. The molecule has 0 spiro atoms. The molecular weight excluding hydrogens is 366 g/mol. The van der Waals surface area contributed by atoms with Crippen LogP contribution in [-0.4, -0.2) is 18.0 Å². The molecule has 27 heavy (non-hydrogen) atoms. The summed E-state index contributed by atoms with van der Waals surface area (Å²) in [6.45, 7) is 2.26. The molecule has 136 valence electrons. The van der Waals surface area contributed by atoms with Gasteiger partial charge in [0.15, 0.2) is 16.5 Å². The Balaban J connectivity index is 1.64. The van der Waals surface area contributed by atoms with Crippen molar-refractivity contribution in [2.75, 3.05) is 12.5 Å². The lowest BCUT2D eigenvalue weighted by molar-refractivity contribution is -0.410. The van der Waals surface area contributed by atoms with Gasteiger partial charge in [0, 0.05) is 6.54 Å². The highest BCUT2D eigenvalue weighted by molar-refractivity contribution is 8.00. The minimum absolute atomic E-state index is 0.159. The molecule has 0 bridgehead atoms. The number of hydrogen-bond donors (Lipinski definition) is 2. The summed E-state index contributed by atoms with van der Waals surface area (Å²) >= 11 is 1.17. The second kappa shape index (κ2) is 7.85. The summed E-state index contributed by atoms with van der Waals surface area (Å²) in [5, 5.41) is 21.1. The summed E-state index contributed by atoms with van der Waals surface area (Å²) in [6, 6.07) is 10.8. The van der Waals surface area contributed by atoms with Gasteiger partial charge in [-0.25, -0.2) is 4.98 Å². The van der Waals surface area contributed by atoms with E-state index < -0.39 is 5.25 Å². The molecule has 1 amide bonds. The lowest BCUT2D eigenvalue weighted by Gasteiger charge is -2.12. The Bertz CT molecular complexity index is 980. The first-order valence-corrected chi connectivity index (χ1v) is 8.88. The number of ether oxygens (including phenoxy) is 2. The van der Waals surface area contributed by atoms with Crippen LogP contribution in [0.3, 0.4) is 0 Å². The third-order valence-electron chi connectivity index (χ3n) is 3.88. The predicted octanol–water partition coefficient (Wildman–Crippen LogP) is 1.35. The largest absolute Gasteiger partial charge is 0.454 e. The Hall–Kier alpha value is -3.43. The zero-order valence-electron chi connectivity index (χ0n) is 14.4. The van der Waals surface area contributed by atoms with E-state index in [4.69, 9.17) is 20.5 Å². The van der Waals surface area contributed by atoms with Crippen LogP contribution in [0.15, 0.2) is 29.3 Å². The van der Waals surface area contributed by atoms with Crippen molar-refractivity contribution < 1.29 is 19.3 Å². The molecule has 9 heteroatoms. The number of aromatic nitrogens is 1. The molecule has 0 saturated heterocycles. The number of rotatable bonds is 5. The van der Waals surface area contributed by atoms with Crippen LogP contribution < -0.4 is 25.5 Å². The van der Waals surface area contributed by atoms with E-state index in [2.05, 4.69) is 10.3 Å². The van der Waals surface area contributed by atoms with Crippen molar-refractivity contribution in [1.29, 1.82) is 10.5 Å². The number of nitrogens with zero attached hydrogens (tertiary/aromatic N) is 2. The number of carbonyl (C=O) groups excluding carboxylic acids is 1. The van der Waals surface area contributed by atoms with Gasteiger partial charge in [-0.2, -0.15) is 10.5 Å². The number of fused-ring (bicyclic) bond motifs is 1. The van der Waals surface area contributed by atoms with E-state index in [9.17, 15) is 10.1 Å². The maximum Gasteiger partial charge on any atom is 0.289 e. The first kappa shape index (κ1) is 18.4. The molecule has 1 aliphatic rings. The number of H-pyrrole nitrogens is 1.